The van der Waals surface area contributed by atoms with Gasteiger partial charge >= 0.3 is 5.97 Å². The molecule has 0 saturated carbocycles. The molecule has 0 aliphatic carbocycles. The number of carboxylic acid groups (broad SMARTS) is 1. The number of hydrogen-bond donors (Lipinski definition) is 2. The lowest BCUT2D eigenvalue weighted by Crippen LogP contribution is -2.20. The highest BCUT2D eigenvalue weighted by atomic mass is 35.5. The van der Waals surface area contributed by atoms with Crippen LogP contribution in [0.15, 0.2) is 18.2 Å². The van der Waals surface area contributed by atoms with Crippen LogP contribution in [0.4, 0.5) is 0 Å². The average Bonchev–Trinajstić information content (AvgIpc) is 2.08. The van der Waals surface area contributed by atoms with Crippen LogP contribution in [-0.2, 0) is 4.79 Å². The monoisotopic (exact) mass is 255 g/mol. The van der Waals surface area contributed by atoms with E-state index in [-0.39, 0.29) is 12.4 Å². The summed E-state index contributed by atoms with van der Waals surface area (Å²) >= 11 is 11.3. The Morgan fingerprint density at radius 3 is 2.36 bits per heavy atom. The second kappa shape index (κ2) is 5.41. The minimum absolute atomic E-state index is 0. The number of aliphatic carboxylic acids is 1. The van der Waals surface area contributed by atoms with Gasteiger partial charge in [-0.15, -0.1) is 12.4 Å². The largest absolute Gasteiger partial charge is 0.480 e. The molecule has 0 radical (unpaired) electrons. The Labute approximate surface area is 97.2 Å². The van der Waals surface area contributed by atoms with E-state index < -0.39 is 12.0 Å². The van der Waals surface area contributed by atoms with E-state index in [0.717, 1.165) is 0 Å². The average molecular weight is 257 g/mol. The lowest BCUT2D eigenvalue weighted by molar-refractivity contribution is -0.138. The predicted molar refractivity (Wildman–Crippen MR) is 58.3 cm³/mol. The Bertz CT molecular complexity index is 343. The third kappa shape index (κ3) is 3.03. The van der Waals surface area contributed by atoms with Crippen LogP contribution in [0.2, 0.25) is 10.0 Å². The number of hydrogen-bond acceptors (Lipinski definition) is 2. The fraction of sp³-hybridized carbons (Fsp3) is 0.125. The van der Waals surface area contributed by atoms with Gasteiger partial charge in [0.1, 0.15) is 6.04 Å². The van der Waals surface area contributed by atoms with Crippen LogP contribution in [0, 0.1) is 0 Å². The quantitative estimate of drug-likeness (QED) is 0.854. The molecule has 0 heterocycles. The number of carbonyl (C=O) groups is 1. The van der Waals surface area contributed by atoms with Crippen molar-refractivity contribution in [2.24, 2.45) is 5.73 Å². The van der Waals surface area contributed by atoms with Crippen LogP contribution in [0.25, 0.3) is 0 Å². The van der Waals surface area contributed by atoms with Gasteiger partial charge in [-0.2, -0.15) is 0 Å². The Balaban J connectivity index is 0.00000169. The zero-order valence-corrected chi connectivity index (χ0v) is 9.23. The van der Waals surface area contributed by atoms with Crippen LogP contribution < -0.4 is 5.73 Å². The number of rotatable bonds is 2. The number of benzene rings is 1. The first kappa shape index (κ1) is 13.5. The van der Waals surface area contributed by atoms with Crippen molar-refractivity contribution in [3.05, 3.63) is 33.8 Å². The fourth-order valence-corrected chi connectivity index (χ4v) is 1.15. The summed E-state index contributed by atoms with van der Waals surface area (Å²) in [6, 6.07) is 3.44. The molecule has 0 saturated heterocycles. The summed E-state index contributed by atoms with van der Waals surface area (Å²) in [6.07, 6.45) is 0. The molecular weight excluding hydrogens is 248 g/mol. The van der Waals surface area contributed by atoms with E-state index in [0.29, 0.717) is 15.6 Å². The molecule has 1 atom stereocenters. The molecule has 3 N–H and O–H groups in total. The first-order valence-corrected chi connectivity index (χ1v) is 4.21. The second-order valence-corrected chi connectivity index (χ2v) is 3.30. The van der Waals surface area contributed by atoms with Crippen molar-refractivity contribution in [1.82, 2.24) is 0 Å². The Hall–Kier alpha value is -0.480. The van der Waals surface area contributed by atoms with Crippen LogP contribution in [0.1, 0.15) is 11.6 Å². The highest BCUT2D eigenvalue weighted by molar-refractivity contribution is 6.42. The van der Waals surface area contributed by atoms with Gasteiger partial charge in [0, 0.05) is 0 Å². The minimum Gasteiger partial charge on any atom is -0.480 e. The van der Waals surface area contributed by atoms with E-state index in [1.807, 2.05) is 0 Å². The van der Waals surface area contributed by atoms with Gasteiger partial charge in [0.2, 0.25) is 0 Å². The van der Waals surface area contributed by atoms with E-state index in [4.69, 9.17) is 34.0 Å². The summed E-state index contributed by atoms with van der Waals surface area (Å²) in [4.78, 5) is 10.5. The zero-order chi connectivity index (χ0) is 10.0. The zero-order valence-electron chi connectivity index (χ0n) is 6.91. The smallest absolute Gasteiger partial charge is 0.325 e. The van der Waals surface area contributed by atoms with E-state index >= 15 is 0 Å². The molecule has 1 aromatic carbocycles. The molecule has 78 valence electrons. The molecule has 0 bridgehead atoms. The summed E-state index contributed by atoms with van der Waals surface area (Å²) < 4.78 is 0. The summed E-state index contributed by atoms with van der Waals surface area (Å²) in [6.45, 7) is 0. The maximum atomic E-state index is 10.5. The van der Waals surface area contributed by atoms with Gasteiger partial charge in [0.25, 0.3) is 0 Å². The Morgan fingerprint density at radius 2 is 1.93 bits per heavy atom. The van der Waals surface area contributed by atoms with Crippen molar-refractivity contribution in [3.8, 4) is 0 Å². The van der Waals surface area contributed by atoms with E-state index in [1.54, 1.807) is 0 Å². The summed E-state index contributed by atoms with van der Waals surface area (Å²) in [5.74, 6) is -1.10. The third-order valence-corrected chi connectivity index (χ3v) is 2.31. The van der Waals surface area contributed by atoms with Crippen molar-refractivity contribution in [2.75, 3.05) is 0 Å². The van der Waals surface area contributed by atoms with Crippen LogP contribution >= 0.6 is 35.6 Å². The Morgan fingerprint density at radius 1 is 1.36 bits per heavy atom. The Kier molecular flexibility index (Phi) is 5.23. The molecule has 1 aromatic rings. The molecule has 0 unspecified atom stereocenters. The molecule has 0 aromatic heterocycles. The fourth-order valence-electron chi connectivity index (χ4n) is 0.848. The highest BCUT2D eigenvalue weighted by Gasteiger charge is 2.14. The number of halogens is 3. The van der Waals surface area contributed by atoms with E-state index in [1.165, 1.54) is 18.2 Å². The van der Waals surface area contributed by atoms with E-state index in [2.05, 4.69) is 0 Å². The van der Waals surface area contributed by atoms with Gasteiger partial charge in [-0.3, -0.25) is 4.79 Å². The van der Waals surface area contributed by atoms with Crippen molar-refractivity contribution < 1.29 is 9.90 Å². The molecule has 0 fully saturated rings. The van der Waals surface area contributed by atoms with Gasteiger partial charge in [-0.1, -0.05) is 29.3 Å². The molecule has 1 rings (SSSR count). The van der Waals surface area contributed by atoms with Crippen LogP contribution in [0.5, 0.6) is 0 Å². The summed E-state index contributed by atoms with van der Waals surface area (Å²) in [7, 11) is 0. The van der Waals surface area contributed by atoms with Gasteiger partial charge in [0.05, 0.1) is 10.0 Å². The topological polar surface area (TPSA) is 63.3 Å². The summed E-state index contributed by atoms with van der Waals surface area (Å²) in [5, 5.41) is 9.27. The highest BCUT2D eigenvalue weighted by Crippen LogP contribution is 2.24. The maximum Gasteiger partial charge on any atom is 0.325 e. The number of carboxylic acids is 1. The van der Waals surface area contributed by atoms with Crippen molar-refractivity contribution in [3.63, 3.8) is 0 Å². The first-order chi connectivity index (χ1) is 6.02. The minimum atomic E-state index is -1.10. The normalized spacial score (nSPS) is 11.6. The summed E-state index contributed by atoms with van der Waals surface area (Å²) in [5.41, 5.74) is 5.79. The molecule has 3 nitrogen and oxygen atoms in total. The van der Waals surface area contributed by atoms with Crippen molar-refractivity contribution in [1.29, 1.82) is 0 Å². The standard InChI is InChI=1S/C8H7Cl2NO2.ClH/c9-5-2-1-4(3-6(5)10)7(11)8(12)13;/h1-3,7H,11H2,(H,12,13);1H/t7-;/m1./s1. The molecule has 6 heteroatoms. The molecule has 14 heavy (non-hydrogen) atoms. The lowest BCUT2D eigenvalue weighted by Gasteiger charge is -2.07. The molecule has 0 aliphatic rings. The SMILES string of the molecule is Cl.N[C@@H](C(=O)O)c1ccc(Cl)c(Cl)c1. The van der Waals surface area contributed by atoms with Crippen molar-refractivity contribution in [2.45, 2.75) is 6.04 Å². The molecular formula is C8H8Cl3NO2. The molecule has 0 spiro atoms. The maximum absolute atomic E-state index is 10.5. The van der Waals surface area contributed by atoms with Crippen molar-refractivity contribution >= 4 is 41.6 Å². The van der Waals surface area contributed by atoms with Crippen LogP contribution in [-0.4, -0.2) is 11.1 Å². The predicted octanol–water partition coefficient (Wildman–Crippen LogP) is 2.50. The van der Waals surface area contributed by atoms with Gasteiger partial charge in [0.15, 0.2) is 0 Å². The number of nitrogens with two attached hydrogens (primary N) is 1. The lowest BCUT2D eigenvalue weighted by atomic mass is 10.1. The molecule has 0 amide bonds. The van der Waals surface area contributed by atoms with Gasteiger partial charge in [-0.05, 0) is 17.7 Å². The first-order valence-electron chi connectivity index (χ1n) is 3.45. The third-order valence-electron chi connectivity index (χ3n) is 1.57. The van der Waals surface area contributed by atoms with Gasteiger partial charge < -0.3 is 10.8 Å². The van der Waals surface area contributed by atoms with E-state index in [9.17, 15) is 4.79 Å². The van der Waals surface area contributed by atoms with Gasteiger partial charge in [-0.25, -0.2) is 0 Å². The second-order valence-electron chi connectivity index (χ2n) is 2.49. The van der Waals surface area contributed by atoms with Crippen LogP contribution in [0.3, 0.4) is 0 Å². The molecule has 0 aliphatic heterocycles.